The molecule has 0 saturated heterocycles. The van der Waals surface area contributed by atoms with Crippen molar-refractivity contribution in [2.75, 3.05) is 26.2 Å². The fraction of sp³-hybridized carbons (Fsp3) is 0.444. The van der Waals surface area contributed by atoms with Crippen LogP contribution in [0, 0.1) is 0 Å². The number of aromatic nitrogens is 6. The fourth-order valence-electron chi connectivity index (χ4n) is 2.83. The van der Waals surface area contributed by atoms with Crippen molar-refractivity contribution in [2.24, 2.45) is 7.05 Å². The van der Waals surface area contributed by atoms with Gasteiger partial charge in [-0.1, -0.05) is 25.0 Å². The second-order valence-electron chi connectivity index (χ2n) is 6.24. The van der Waals surface area contributed by atoms with Crippen molar-refractivity contribution in [1.29, 1.82) is 0 Å². The number of likely N-dealkylation sites (N-methyl/N-ethyl adjacent to an activating group) is 1. The molecular weight excluding hydrogens is 362 g/mol. The first kappa shape index (κ1) is 19.6. The Hall–Kier alpha value is -3.14. The number of nitrogens with zero attached hydrogens (tertiary/aromatic N) is 7. The summed E-state index contributed by atoms with van der Waals surface area (Å²) in [5.41, 5.74) is -0.0728. The van der Waals surface area contributed by atoms with Crippen molar-refractivity contribution >= 4 is 11.2 Å². The molecule has 3 aromatic rings. The molecule has 10 nitrogen and oxygen atoms in total. The van der Waals surface area contributed by atoms with E-state index in [1.807, 2.05) is 6.07 Å². The zero-order valence-electron chi connectivity index (χ0n) is 16.2. The molecule has 148 valence electrons. The molecule has 0 unspecified atom stereocenters. The minimum absolute atomic E-state index is 0.0170. The lowest BCUT2D eigenvalue weighted by Crippen LogP contribution is -2.39. The van der Waals surface area contributed by atoms with Crippen molar-refractivity contribution in [3.8, 4) is 6.01 Å². The summed E-state index contributed by atoms with van der Waals surface area (Å²) in [6, 6.07) is 3.63. The Morgan fingerprint density at radius 3 is 2.64 bits per heavy atom. The summed E-state index contributed by atoms with van der Waals surface area (Å²) in [6.07, 6.45) is 3.29. The van der Waals surface area contributed by atoms with Crippen LogP contribution in [-0.4, -0.2) is 60.4 Å². The van der Waals surface area contributed by atoms with Crippen LogP contribution in [0.4, 0.5) is 0 Å². The lowest BCUT2D eigenvalue weighted by Gasteiger charge is -2.17. The zero-order chi connectivity index (χ0) is 20.1. The van der Waals surface area contributed by atoms with Crippen LogP contribution in [0.25, 0.3) is 11.2 Å². The van der Waals surface area contributed by atoms with E-state index < -0.39 is 11.2 Å². The number of fused-ring (bicyclic) bond motifs is 1. The molecule has 0 atom stereocenters. The highest BCUT2D eigenvalue weighted by Crippen LogP contribution is 2.08. The molecule has 0 amide bonds. The molecule has 3 heterocycles. The highest BCUT2D eigenvalue weighted by Gasteiger charge is 2.16. The first-order valence-corrected chi connectivity index (χ1v) is 9.13. The van der Waals surface area contributed by atoms with E-state index in [9.17, 15) is 9.59 Å². The normalized spacial score (nSPS) is 11.3. The quantitative estimate of drug-likeness (QED) is 0.535. The van der Waals surface area contributed by atoms with E-state index in [2.05, 4.69) is 38.9 Å². The molecule has 0 aliphatic carbocycles. The van der Waals surface area contributed by atoms with E-state index in [0.29, 0.717) is 13.2 Å². The van der Waals surface area contributed by atoms with Crippen molar-refractivity contribution < 1.29 is 4.74 Å². The standard InChI is InChI=1S/C18H23N7O3/c1-4-24(5-2)9-10-28-17-20-14-15(21-22-17)25(18(27)23(3)16(14)26)12-13-7-6-8-19-11-13/h6-8,11H,4-5,9-10,12H2,1-3H3. The summed E-state index contributed by atoms with van der Waals surface area (Å²) in [6.45, 7) is 7.27. The maximum absolute atomic E-state index is 12.6. The van der Waals surface area contributed by atoms with Gasteiger partial charge >= 0.3 is 11.7 Å². The summed E-state index contributed by atoms with van der Waals surface area (Å²) >= 11 is 0. The van der Waals surface area contributed by atoms with Crippen molar-refractivity contribution in [1.82, 2.24) is 34.2 Å². The largest absolute Gasteiger partial charge is 0.461 e. The summed E-state index contributed by atoms with van der Waals surface area (Å²) < 4.78 is 7.92. The fourth-order valence-corrected chi connectivity index (χ4v) is 2.83. The molecule has 0 bridgehead atoms. The minimum atomic E-state index is -0.536. The van der Waals surface area contributed by atoms with Gasteiger partial charge in [-0.3, -0.25) is 18.9 Å². The van der Waals surface area contributed by atoms with E-state index in [1.54, 1.807) is 18.5 Å². The topological polar surface area (TPSA) is 108 Å². The van der Waals surface area contributed by atoms with Crippen LogP contribution in [0.1, 0.15) is 19.4 Å². The molecule has 0 N–H and O–H groups in total. The summed E-state index contributed by atoms with van der Waals surface area (Å²) in [5, 5.41) is 8.00. The molecule has 0 spiro atoms. The number of hydrogen-bond donors (Lipinski definition) is 0. The van der Waals surface area contributed by atoms with Gasteiger partial charge in [0.25, 0.3) is 5.56 Å². The van der Waals surface area contributed by atoms with E-state index in [1.165, 1.54) is 11.6 Å². The molecule has 3 rings (SSSR count). The maximum atomic E-state index is 12.6. The van der Waals surface area contributed by atoms with Gasteiger partial charge in [0.1, 0.15) is 6.61 Å². The van der Waals surface area contributed by atoms with Crippen LogP contribution in [-0.2, 0) is 13.6 Å². The number of ether oxygens (including phenoxy) is 1. The summed E-state index contributed by atoms with van der Waals surface area (Å²) in [7, 11) is 1.41. The summed E-state index contributed by atoms with van der Waals surface area (Å²) in [4.78, 5) is 35.5. The van der Waals surface area contributed by atoms with E-state index in [4.69, 9.17) is 4.74 Å². The van der Waals surface area contributed by atoms with Gasteiger partial charge < -0.3 is 9.64 Å². The van der Waals surface area contributed by atoms with Gasteiger partial charge in [0.15, 0.2) is 11.2 Å². The zero-order valence-corrected chi connectivity index (χ0v) is 16.2. The molecular formula is C18H23N7O3. The van der Waals surface area contributed by atoms with Gasteiger partial charge in [-0.2, -0.15) is 4.98 Å². The van der Waals surface area contributed by atoms with E-state index in [0.717, 1.165) is 23.2 Å². The molecule has 0 aliphatic heterocycles. The molecule has 3 aromatic heterocycles. The Kier molecular flexibility index (Phi) is 6.09. The average molecular weight is 385 g/mol. The Labute approximate surface area is 161 Å². The molecule has 10 heteroatoms. The molecule has 0 aliphatic rings. The van der Waals surface area contributed by atoms with Crippen LogP contribution >= 0.6 is 0 Å². The van der Waals surface area contributed by atoms with Gasteiger partial charge in [-0.15, -0.1) is 5.10 Å². The lowest BCUT2D eigenvalue weighted by atomic mass is 10.3. The molecule has 28 heavy (non-hydrogen) atoms. The first-order valence-electron chi connectivity index (χ1n) is 9.13. The van der Waals surface area contributed by atoms with Gasteiger partial charge in [-0.05, 0) is 24.7 Å². The second-order valence-corrected chi connectivity index (χ2v) is 6.24. The molecule has 0 saturated carbocycles. The van der Waals surface area contributed by atoms with Crippen molar-refractivity contribution in [3.63, 3.8) is 0 Å². The number of hydrogen-bond acceptors (Lipinski definition) is 8. The first-order chi connectivity index (χ1) is 13.5. The molecule has 0 radical (unpaired) electrons. The number of pyridine rings is 1. The average Bonchev–Trinajstić information content (AvgIpc) is 2.73. The van der Waals surface area contributed by atoms with Crippen molar-refractivity contribution in [2.45, 2.75) is 20.4 Å². The van der Waals surface area contributed by atoms with Gasteiger partial charge in [-0.25, -0.2) is 4.79 Å². The Balaban J connectivity index is 1.95. The monoisotopic (exact) mass is 385 g/mol. The highest BCUT2D eigenvalue weighted by molar-refractivity contribution is 5.68. The Morgan fingerprint density at radius 2 is 1.96 bits per heavy atom. The van der Waals surface area contributed by atoms with Crippen LogP contribution in [0.15, 0.2) is 34.1 Å². The molecule has 0 aromatic carbocycles. The van der Waals surface area contributed by atoms with Crippen LogP contribution in [0.5, 0.6) is 6.01 Å². The third-order valence-corrected chi connectivity index (χ3v) is 4.53. The minimum Gasteiger partial charge on any atom is -0.461 e. The summed E-state index contributed by atoms with van der Waals surface area (Å²) in [5.74, 6) is 0. The van der Waals surface area contributed by atoms with Crippen molar-refractivity contribution in [3.05, 3.63) is 50.9 Å². The van der Waals surface area contributed by atoms with Gasteiger partial charge in [0.05, 0.1) is 6.54 Å². The third kappa shape index (κ3) is 4.06. The lowest BCUT2D eigenvalue weighted by molar-refractivity contribution is 0.211. The van der Waals surface area contributed by atoms with E-state index in [-0.39, 0.29) is 23.7 Å². The predicted molar refractivity (Wildman–Crippen MR) is 103 cm³/mol. The second kappa shape index (κ2) is 8.70. The van der Waals surface area contributed by atoms with Gasteiger partial charge in [0.2, 0.25) is 0 Å². The maximum Gasteiger partial charge on any atom is 0.336 e. The number of rotatable bonds is 8. The Bertz CT molecular complexity index is 1060. The highest BCUT2D eigenvalue weighted by atomic mass is 16.5. The van der Waals surface area contributed by atoms with E-state index >= 15 is 0 Å². The SMILES string of the molecule is CCN(CC)CCOc1nnc2c(n1)c(=O)n(C)c(=O)n2Cc1cccnc1. The smallest absolute Gasteiger partial charge is 0.336 e. The van der Waals surface area contributed by atoms with Gasteiger partial charge in [0, 0.05) is 26.0 Å². The third-order valence-electron chi connectivity index (χ3n) is 4.53. The van der Waals surface area contributed by atoms with Crippen LogP contribution < -0.4 is 16.0 Å². The molecule has 0 fully saturated rings. The van der Waals surface area contributed by atoms with Crippen LogP contribution in [0.3, 0.4) is 0 Å². The Morgan fingerprint density at radius 1 is 1.18 bits per heavy atom. The predicted octanol–water partition coefficient (Wildman–Crippen LogP) is 0.0491. The van der Waals surface area contributed by atoms with Crippen LogP contribution in [0.2, 0.25) is 0 Å².